The van der Waals surface area contributed by atoms with E-state index in [2.05, 4.69) is 5.10 Å². The maximum atomic E-state index is 12.4. The maximum absolute atomic E-state index is 12.4. The fourth-order valence-corrected chi connectivity index (χ4v) is 3.55. The molecule has 4 rings (SSSR count). The number of amides is 1. The minimum absolute atomic E-state index is 0.00165. The number of likely N-dealkylation sites (tertiary alicyclic amines) is 1. The number of aromatic nitrogens is 2. The maximum Gasteiger partial charge on any atom is 0.267 e. The number of nitrogens with zero attached hydrogens (tertiary/aromatic N) is 3. The van der Waals surface area contributed by atoms with Crippen LogP contribution in [0.15, 0.2) is 41.2 Å². The number of piperidine rings is 1. The van der Waals surface area contributed by atoms with Gasteiger partial charge in [0.15, 0.2) is 6.61 Å². The van der Waals surface area contributed by atoms with Gasteiger partial charge in [-0.05, 0) is 56.0 Å². The smallest absolute Gasteiger partial charge is 0.267 e. The largest absolute Gasteiger partial charge is 0.484 e. The van der Waals surface area contributed by atoms with Crippen LogP contribution < -0.4 is 10.3 Å². The van der Waals surface area contributed by atoms with Crippen LogP contribution in [0.25, 0.3) is 0 Å². The van der Waals surface area contributed by atoms with Crippen molar-refractivity contribution in [1.82, 2.24) is 14.7 Å². The van der Waals surface area contributed by atoms with E-state index in [0.717, 1.165) is 31.4 Å². The van der Waals surface area contributed by atoms with E-state index in [1.807, 2.05) is 6.07 Å². The highest BCUT2D eigenvalue weighted by Crippen LogP contribution is 2.38. The summed E-state index contributed by atoms with van der Waals surface area (Å²) in [6, 6.07) is 10.5. The highest BCUT2D eigenvalue weighted by Gasteiger charge is 2.28. The molecule has 1 aromatic carbocycles. The molecule has 27 heavy (non-hydrogen) atoms. The Morgan fingerprint density at radius 1 is 1.07 bits per heavy atom. The third-order valence-corrected chi connectivity index (χ3v) is 5.43. The average Bonchev–Trinajstić information content (AvgIpc) is 3.53. The number of carbonyl (C=O) groups is 1. The highest BCUT2D eigenvalue weighted by molar-refractivity contribution is 6.30. The van der Waals surface area contributed by atoms with Gasteiger partial charge in [-0.15, -0.1) is 0 Å². The summed E-state index contributed by atoms with van der Waals surface area (Å²) < 4.78 is 7.16. The van der Waals surface area contributed by atoms with Crippen molar-refractivity contribution in [2.75, 3.05) is 19.7 Å². The molecule has 1 amide bonds. The molecule has 1 aliphatic heterocycles. The van der Waals surface area contributed by atoms with E-state index in [9.17, 15) is 9.59 Å². The van der Waals surface area contributed by atoms with Crippen LogP contribution in [0.5, 0.6) is 5.75 Å². The first-order valence-electron chi connectivity index (χ1n) is 9.36. The normalized spacial score (nSPS) is 17.7. The van der Waals surface area contributed by atoms with Crippen molar-refractivity contribution in [3.05, 3.63) is 57.5 Å². The van der Waals surface area contributed by atoms with Gasteiger partial charge in [-0.2, -0.15) is 5.10 Å². The highest BCUT2D eigenvalue weighted by atomic mass is 35.5. The molecule has 0 unspecified atom stereocenters. The minimum Gasteiger partial charge on any atom is -0.484 e. The first kappa shape index (κ1) is 18.0. The second kappa shape index (κ2) is 7.72. The lowest BCUT2D eigenvalue weighted by molar-refractivity contribution is -0.134. The molecule has 0 spiro atoms. The molecule has 2 aliphatic rings. The predicted octanol–water partition coefficient (Wildman–Crippen LogP) is 3.02. The second-order valence-corrected chi connectivity index (χ2v) is 7.61. The molecule has 0 N–H and O–H groups in total. The number of hydrogen-bond acceptors (Lipinski definition) is 4. The summed E-state index contributed by atoms with van der Waals surface area (Å²) in [4.78, 5) is 26.4. The van der Waals surface area contributed by atoms with Gasteiger partial charge in [0.25, 0.3) is 11.5 Å². The molecule has 1 saturated heterocycles. The van der Waals surface area contributed by atoms with Gasteiger partial charge in [0.05, 0.1) is 11.7 Å². The van der Waals surface area contributed by atoms with Crippen LogP contribution in [-0.4, -0.2) is 40.3 Å². The quantitative estimate of drug-likeness (QED) is 0.791. The van der Waals surface area contributed by atoms with Crippen LogP contribution >= 0.6 is 11.6 Å². The zero-order chi connectivity index (χ0) is 18.8. The molecule has 6 nitrogen and oxygen atoms in total. The van der Waals surface area contributed by atoms with E-state index in [1.165, 1.54) is 0 Å². The van der Waals surface area contributed by atoms with E-state index in [-0.39, 0.29) is 24.1 Å². The van der Waals surface area contributed by atoms with Crippen molar-refractivity contribution in [2.24, 2.45) is 0 Å². The van der Waals surface area contributed by atoms with Crippen molar-refractivity contribution in [2.45, 2.75) is 37.6 Å². The van der Waals surface area contributed by atoms with E-state index in [0.29, 0.717) is 29.8 Å². The number of ether oxygens (including phenoxy) is 1. The lowest BCUT2D eigenvalue weighted by Crippen LogP contribution is -2.43. The van der Waals surface area contributed by atoms with Gasteiger partial charge >= 0.3 is 0 Å². The third-order valence-electron chi connectivity index (χ3n) is 5.18. The van der Waals surface area contributed by atoms with Gasteiger partial charge < -0.3 is 9.64 Å². The zero-order valence-corrected chi connectivity index (χ0v) is 15.8. The summed E-state index contributed by atoms with van der Waals surface area (Å²) in [5.74, 6) is 1.09. The second-order valence-electron chi connectivity index (χ2n) is 7.17. The predicted molar refractivity (Wildman–Crippen MR) is 102 cm³/mol. The van der Waals surface area contributed by atoms with Gasteiger partial charge in [-0.3, -0.25) is 9.59 Å². The van der Waals surface area contributed by atoms with Crippen molar-refractivity contribution in [3.8, 4) is 5.75 Å². The van der Waals surface area contributed by atoms with Gasteiger partial charge in [0, 0.05) is 30.1 Å². The molecule has 1 aromatic heterocycles. The van der Waals surface area contributed by atoms with Gasteiger partial charge in [0.1, 0.15) is 5.75 Å². The first-order chi connectivity index (χ1) is 13.1. The van der Waals surface area contributed by atoms with Crippen LogP contribution in [0.1, 0.15) is 43.3 Å². The van der Waals surface area contributed by atoms with Crippen LogP contribution in [0, 0.1) is 0 Å². The SMILES string of the molecule is O=C(COc1ccc(Cl)cc1)N1CCC(n2nc(C3CC3)ccc2=O)CC1. The number of hydrogen-bond donors (Lipinski definition) is 0. The van der Waals surface area contributed by atoms with E-state index < -0.39 is 0 Å². The summed E-state index contributed by atoms with van der Waals surface area (Å²) >= 11 is 5.84. The van der Waals surface area contributed by atoms with Crippen LogP contribution in [-0.2, 0) is 4.79 Å². The molecule has 7 heteroatoms. The molecule has 142 valence electrons. The summed E-state index contributed by atoms with van der Waals surface area (Å²) in [7, 11) is 0. The number of carbonyl (C=O) groups excluding carboxylic acids is 1. The Kier molecular flexibility index (Phi) is 5.16. The minimum atomic E-state index is -0.0600. The van der Waals surface area contributed by atoms with Crippen LogP contribution in [0.3, 0.4) is 0 Å². The lowest BCUT2D eigenvalue weighted by Gasteiger charge is -2.32. The first-order valence-corrected chi connectivity index (χ1v) is 9.74. The Hall–Kier alpha value is -2.34. The molecular formula is C20H22ClN3O3. The lowest BCUT2D eigenvalue weighted by atomic mass is 10.1. The van der Waals surface area contributed by atoms with Gasteiger partial charge in [-0.1, -0.05) is 11.6 Å². The fraction of sp³-hybridized carbons (Fsp3) is 0.450. The Labute approximate surface area is 162 Å². The number of halogens is 1. The van der Waals surface area contributed by atoms with E-state index in [1.54, 1.807) is 39.9 Å². The van der Waals surface area contributed by atoms with E-state index >= 15 is 0 Å². The molecule has 0 atom stereocenters. The van der Waals surface area contributed by atoms with Crippen molar-refractivity contribution in [3.63, 3.8) is 0 Å². The summed E-state index contributed by atoms with van der Waals surface area (Å²) in [6.07, 6.45) is 3.78. The Bertz CT molecular complexity index is 869. The van der Waals surface area contributed by atoms with E-state index in [4.69, 9.17) is 16.3 Å². The fourth-order valence-electron chi connectivity index (χ4n) is 3.43. The zero-order valence-electron chi connectivity index (χ0n) is 15.0. The summed E-state index contributed by atoms with van der Waals surface area (Å²) in [5.41, 5.74) is 0.958. The van der Waals surface area contributed by atoms with Crippen molar-refractivity contribution < 1.29 is 9.53 Å². The van der Waals surface area contributed by atoms with Gasteiger partial charge in [0.2, 0.25) is 0 Å². The van der Waals surface area contributed by atoms with Crippen LogP contribution in [0.4, 0.5) is 0 Å². The van der Waals surface area contributed by atoms with Crippen molar-refractivity contribution in [1.29, 1.82) is 0 Å². The molecular weight excluding hydrogens is 366 g/mol. The Morgan fingerprint density at radius 2 is 1.78 bits per heavy atom. The molecule has 1 saturated carbocycles. The summed E-state index contributed by atoms with van der Waals surface area (Å²) in [5, 5.41) is 5.21. The number of benzene rings is 1. The third kappa shape index (κ3) is 4.33. The average molecular weight is 388 g/mol. The Morgan fingerprint density at radius 3 is 2.44 bits per heavy atom. The molecule has 2 heterocycles. The number of rotatable bonds is 5. The molecule has 0 radical (unpaired) electrons. The molecule has 0 bridgehead atoms. The standard InChI is InChI=1S/C20H22ClN3O3/c21-15-3-5-17(6-4-15)27-13-20(26)23-11-9-16(10-12-23)24-19(25)8-7-18(22-24)14-1-2-14/h3-8,14,16H,1-2,9-13H2. The Balaban J connectivity index is 1.32. The summed E-state index contributed by atoms with van der Waals surface area (Å²) in [6.45, 7) is 1.21. The molecule has 1 aliphatic carbocycles. The molecule has 2 aromatic rings. The monoisotopic (exact) mass is 387 g/mol. The molecule has 2 fully saturated rings. The van der Waals surface area contributed by atoms with Gasteiger partial charge in [-0.25, -0.2) is 4.68 Å². The van der Waals surface area contributed by atoms with Crippen LogP contribution in [0.2, 0.25) is 5.02 Å². The van der Waals surface area contributed by atoms with Crippen molar-refractivity contribution >= 4 is 17.5 Å². The topological polar surface area (TPSA) is 64.4 Å².